The summed E-state index contributed by atoms with van der Waals surface area (Å²) in [5.41, 5.74) is 1.86. The zero-order chi connectivity index (χ0) is 15.6. The second-order valence-corrected chi connectivity index (χ2v) is 6.05. The fourth-order valence-corrected chi connectivity index (χ4v) is 2.26. The first-order chi connectivity index (χ1) is 9.76. The molecule has 1 heterocycles. The molecule has 0 radical (unpaired) electrons. The summed E-state index contributed by atoms with van der Waals surface area (Å²) in [5.74, 6) is -0.896. The van der Waals surface area contributed by atoms with Crippen molar-refractivity contribution in [3.8, 4) is 0 Å². The van der Waals surface area contributed by atoms with E-state index in [0.717, 1.165) is 11.1 Å². The molecule has 0 saturated carbocycles. The number of aliphatic carboxylic acids is 1. The minimum absolute atomic E-state index is 0.330. The molecule has 114 valence electrons. The van der Waals surface area contributed by atoms with Crippen molar-refractivity contribution in [2.24, 2.45) is 0 Å². The third kappa shape index (κ3) is 3.95. The summed E-state index contributed by atoms with van der Waals surface area (Å²) in [6.07, 6.45) is -0.210. The standard InChI is InChI=1S/C15H20N2O4/c1-15(2,3)21-14(20)17-11-6-4-5-9-8-16-12(13(18)19)7-10(9)11/h4-6,12,16H,7-8H2,1-3H3,(H,17,20)(H,18,19)/t12-/m0/s1. The van der Waals surface area contributed by atoms with Crippen LogP contribution in [-0.2, 0) is 22.5 Å². The van der Waals surface area contributed by atoms with Crippen LogP contribution < -0.4 is 10.6 Å². The van der Waals surface area contributed by atoms with Gasteiger partial charge in [0.2, 0.25) is 0 Å². The van der Waals surface area contributed by atoms with E-state index in [4.69, 9.17) is 9.84 Å². The molecule has 0 aromatic heterocycles. The number of benzene rings is 1. The highest BCUT2D eigenvalue weighted by molar-refractivity contribution is 5.87. The lowest BCUT2D eigenvalue weighted by Gasteiger charge is -2.26. The van der Waals surface area contributed by atoms with Crippen LogP contribution in [0.25, 0.3) is 0 Å². The molecular formula is C15H20N2O4. The first-order valence-electron chi connectivity index (χ1n) is 6.83. The van der Waals surface area contributed by atoms with Crippen LogP contribution in [0.3, 0.4) is 0 Å². The van der Waals surface area contributed by atoms with Crippen LogP contribution in [0.2, 0.25) is 0 Å². The SMILES string of the molecule is CC(C)(C)OC(=O)Nc1cccc2c1C[C@@H](C(=O)O)NC2. The number of anilines is 1. The summed E-state index contributed by atoms with van der Waals surface area (Å²) in [4.78, 5) is 23.0. The Morgan fingerprint density at radius 2 is 2.10 bits per heavy atom. The molecule has 1 amide bonds. The van der Waals surface area contributed by atoms with Gasteiger partial charge in [-0.1, -0.05) is 12.1 Å². The third-order valence-electron chi connectivity index (χ3n) is 3.15. The molecule has 6 heteroatoms. The monoisotopic (exact) mass is 292 g/mol. The van der Waals surface area contributed by atoms with Crippen molar-refractivity contribution >= 4 is 17.7 Å². The minimum atomic E-state index is -0.896. The van der Waals surface area contributed by atoms with Gasteiger partial charge < -0.3 is 15.2 Å². The molecule has 0 saturated heterocycles. The van der Waals surface area contributed by atoms with Crippen molar-refractivity contribution in [3.63, 3.8) is 0 Å². The van der Waals surface area contributed by atoms with E-state index in [2.05, 4.69) is 10.6 Å². The molecule has 1 atom stereocenters. The molecule has 1 aliphatic heterocycles. The predicted octanol–water partition coefficient (Wildman–Crippen LogP) is 2.13. The van der Waals surface area contributed by atoms with Crippen LogP contribution in [0.1, 0.15) is 31.9 Å². The van der Waals surface area contributed by atoms with Gasteiger partial charge in [-0.3, -0.25) is 10.1 Å². The van der Waals surface area contributed by atoms with Gasteiger partial charge in [0.15, 0.2) is 0 Å². The number of amides is 1. The van der Waals surface area contributed by atoms with Crippen molar-refractivity contribution < 1.29 is 19.4 Å². The Hall–Kier alpha value is -2.08. The van der Waals surface area contributed by atoms with Gasteiger partial charge >= 0.3 is 12.1 Å². The van der Waals surface area contributed by atoms with Gasteiger partial charge in [0.1, 0.15) is 11.6 Å². The van der Waals surface area contributed by atoms with E-state index in [1.807, 2.05) is 12.1 Å². The van der Waals surface area contributed by atoms with Gasteiger partial charge in [0, 0.05) is 18.7 Å². The minimum Gasteiger partial charge on any atom is -0.480 e. The molecular weight excluding hydrogens is 272 g/mol. The highest BCUT2D eigenvalue weighted by Gasteiger charge is 2.26. The van der Waals surface area contributed by atoms with Crippen LogP contribution in [-0.4, -0.2) is 28.8 Å². The fraction of sp³-hybridized carbons (Fsp3) is 0.467. The van der Waals surface area contributed by atoms with E-state index in [0.29, 0.717) is 18.7 Å². The molecule has 0 fully saturated rings. The van der Waals surface area contributed by atoms with E-state index < -0.39 is 23.7 Å². The lowest BCUT2D eigenvalue weighted by atomic mass is 9.94. The number of rotatable bonds is 2. The van der Waals surface area contributed by atoms with Crippen LogP contribution >= 0.6 is 0 Å². The van der Waals surface area contributed by atoms with E-state index >= 15 is 0 Å². The number of carboxylic acids is 1. The second-order valence-electron chi connectivity index (χ2n) is 6.05. The summed E-state index contributed by atoms with van der Waals surface area (Å²) in [7, 11) is 0. The van der Waals surface area contributed by atoms with Gasteiger partial charge in [-0.15, -0.1) is 0 Å². The average molecular weight is 292 g/mol. The normalized spacial score (nSPS) is 17.8. The molecule has 0 unspecified atom stereocenters. The zero-order valence-corrected chi connectivity index (χ0v) is 12.4. The average Bonchev–Trinajstić information content (AvgIpc) is 2.36. The molecule has 1 aliphatic rings. The Morgan fingerprint density at radius 1 is 1.38 bits per heavy atom. The molecule has 0 aliphatic carbocycles. The Labute approximate surface area is 123 Å². The van der Waals surface area contributed by atoms with Crippen molar-refractivity contribution in [2.45, 2.75) is 45.4 Å². The number of ether oxygens (including phenoxy) is 1. The van der Waals surface area contributed by atoms with E-state index in [9.17, 15) is 9.59 Å². The summed E-state index contributed by atoms with van der Waals surface area (Å²) < 4.78 is 5.22. The highest BCUT2D eigenvalue weighted by atomic mass is 16.6. The molecule has 21 heavy (non-hydrogen) atoms. The maximum atomic E-state index is 11.9. The van der Waals surface area contributed by atoms with Crippen molar-refractivity contribution in [3.05, 3.63) is 29.3 Å². The van der Waals surface area contributed by atoms with Gasteiger partial charge in [0.05, 0.1) is 0 Å². The number of carbonyl (C=O) groups is 2. The van der Waals surface area contributed by atoms with E-state index in [1.165, 1.54) is 0 Å². The highest BCUT2D eigenvalue weighted by Crippen LogP contribution is 2.25. The van der Waals surface area contributed by atoms with Gasteiger partial charge in [-0.25, -0.2) is 4.79 Å². The lowest BCUT2D eigenvalue weighted by Crippen LogP contribution is -2.42. The largest absolute Gasteiger partial charge is 0.480 e. The molecule has 2 rings (SSSR count). The number of nitrogens with one attached hydrogen (secondary N) is 2. The van der Waals surface area contributed by atoms with Gasteiger partial charge in [0.25, 0.3) is 0 Å². The van der Waals surface area contributed by atoms with Gasteiger partial charge in [-0.05, 0) is 38.0 Å². The Morgan fingerprint density at radius 3 is 2.71 bits per heavy atom. The van der Waals surface area contributed by atoms with Crippen LogP contribution in [0.4, 0.5) is 10.5 Å². The van der Waals surface area contributed by atoms with E-state index in [1.54, 1.807) is 26.8 Å². The molecule has 1 aromatic carbocycles. The summed E-state index contributed by atoms with van der Waals surface area (Å²) in [6, 6.07) is 4.86. The number of carboxylic acid groups (broad SMARTS) is 1. The molecule has 0 bridgehead atoms. The number of carbonyl (C=O) groups excluding carboxylic acids is 1. The van der Waals surface area contributed by atoms with Crippen LogP contribution in [0.15, 0.2) is 18.2 Å². The summed E-state index contributed by atoms with van der Waals surface area (Å²) in [6.45, 7) is 5.84. The third-order valence-corrected chi connectivity index (χ3v) is 3.15. The molecule has 0 spiro atoms. The summed E-state index contributed by atoms with van der Waals surface area (Å²) in [5, 5.41) is 14.8. The Kier molecular flexibility index (Phi) is 4.18. The Balaban J connectivity index is 2.18. The van der Waals surface area contributed by atoms with E-state index in [-0.39, 0.29) is 0 Å². The van der Waals surface area contributed by atoms with Crippen molar-refractivity contribution in [1.82, 2.24) is 5.32 Å². The molecule has 1 aromatic rings. The number of fused-ring (bicyclic) bond motifs is 1. The molecule has 3 N–H and O–H groups in total. The number of hydrogen-bond donors (Lipinski definition) is 3. The van der Waals surface area contributed by atoms with Crippen molar-refractivity contribution in [2.75, 3.05) is 5.32 Å². The molecule has 6 nitrogen and oxygen atoms in total. The van der Waals surface area contributed by atoms with Crippen LogP contribution in [0.5, 0.6) is 0 Å². The lowest BCUT2D eigenvalue weighted by molar-refractivity contribution is -0.139. The van der Waals surface area contributed by atoms with Crippen LogP contribution in [0, 0.1) is 0 Å². The smallest absolute Gasteiger partial charge is 0.412 e. The fourth-order valence-electron chi connectivity index (χ4n) is 2.26. The first-order valence-corrected chi connectivity index (χ1v) is 6.83. The number of hydrogen-bond acceptors (Lipinski definition) is 4. The zero-order valence-electron chi connectivity index (χ0n) is 12.4. The quantitative estimate of drug-likeness (QED) is 0.777. The van der Waals surface area contributed by atoms with Gasteiger partial charge in [-0.2, -0.15) is 0 Å². The maximum Gasteiger partial charge on any atom is 0.412 e. The van der Waals surface area contributed by atoms with Crippen molar-refractivity contribution in [1.29, 1.82) is 0 Å². The first kappa shape index (κ1) is 15.3. The topological polar surface area (TPSA) is 87.7 Å². The second kappa shape index (κ2) is 5.73. The predicted molar refractivity (Wildman–Crippen MR) is 78.3 cm³/mol. The maximum absolute atomic E-state index is 11.9. The Bertz CT molecular complexity index is 563. The summed E-state index contributed by atoms with van der Waals surface area (Å²) >= 11 is 0.